The van der Waals surface area contributed by atoms with E-state index in [0.29, 0.717) is 10.5 Å². The summed E-state index contributed by atoms with van der Waals surface area (Å²) in [4.78, 5) is 0.468. The molecule has 156 valence electrons. The first-order chi connectivity index (χ1) is 12.6. The lowest BCUT2D eigenvalue weighted by Crippen LogP contribution is -2.40. The summed E-state index contributed by atoms with van der Waals surface area (Å²) in [6, 6.07) is 10.0. The van der Waals surface area contributed by atoms with Crippen LogP contribution in [0.1, 0.15) is 31.9 Å². The summed E-state index contributed by atoms with van der Waals surface area (Å²) in [6.45, 7) is 8.92. The van der Waals surface area contributed by atoms with E-state index < -0.39 is 24.6 Å². The van der Waals surface area contributed by atoms with Crippen LogP contribution in [0.3, 0.4) is 0 Å². The fraction of sp³-hybridized carbons (Fsp3) is 0.333. The van der Waals surface area contributed by atoms with E-state index in [9.17, 15) is 16.8 Å². The quantitative estimate of drug-likeness (QED) is 0.489. The summed E-state index contributed by atoms with van der Waals surface area (Å²) in [6.07, 6.45) is 0. The van der Waals surface area contributed by atoms with Gasteiger partial charge in [0.05, 0.1) is 9.79 Å². The van der Waals surface area contributed by atoms with Crippen molar-refractivity contribution in [2.24, 2.45) is 0 Å². The number of hydrogen-bond acceptors (Lipinski definition) is 4. The standard InChI is InChI=1S/C11H16BrNO2S.C7H6BrClO2S/c1-8-9(12)6-5-7-10(8)16(14,15)13-11(2,3)4;1-5-6(8)3-2-4-7(5)12(9,10)11/h5-7,13H,1-4H3;2-4H,1H3. The first-order valence-electron chi connectivity index (χ1n) is 8.05. The van der Waals surface area contributed by atoms with Gasteiger partial charge in [0.15, 0.2) is 0 Å². The van der Waals surface area contributed by atoms with Gasteiger partial charge < -0.3 is 0 Å². The topological polar surface area (TPSA) is 80.3 Å². The van der Waals surface area contributed by atoms with Crippen LogP contribution < -0.4 is 4.72 Å². The molecule has 2 rings (SSSR count). The highest BCUT2D eigenvalue weighted by Crippen LogP contribution is 2.25. The molecule has 5 nitrogen and oxygen atoms in total. The van der Waals surface area contributed by atoms with Gasteiger partial charge in [-0.3, -0.25) is 0 Å². The lowest BCUT2D eigenvalue weighted by Gasteiger charge is -2.21. The fourth-order valence-corrected chi connectivity index (χ4v) is 6.09. The molecule has 0 bridgehead atoms. The molecule has 0 amide bonds. The van der Waals surface area contributed by atoms with Gasteiger partial charge in [0.25, 0.3) is 9.05 Å². The third kappa shape index (κ3) is 7.42. The molecular formula is C18H22Br2ClNO4S2. The Morgan fingerprint density at radius 1 is 0.821 bits per heavy atom. The second kappa shape index (κ2) is 9.57. The predicted molar refractivity (Wildman–Crippen MR) is 121 cm³/mol. The van der Waals surface area contributed by atoms with Crippen LogP contribution in [0.15, 0.2) is 55.1 Å². The molecule has 0 spiro atoms. The number of hydrogen-bond donors (Lipinski definition) is 1. The third-order valence-electron chi connectivity index (χ3n) is 3.43. The van der Waals surface area contributed by atoms with E-state index >= 15 is 0 Å². The minimum absolute atomic E-state index is 0.151. The average Bonchev–Trinajstić information content (AvgIpc) is 2.49. The lowest BCUT2D eigenvalue weighted by atomic mass is 10.1. The molecular weight excluding hydrogens is 554 g/mol. The van der Waals surface area contributed by atoms with Crippen molar-refractivity contribution in [3.63, 3.8) is 0 Å². The van der Waals surface area contributed by atoms with Crippen LogP contribution in [0.4, 0.5) is 0 Å². The molecule has 10 heteroatoms. The maximum Gasteiger partial charge on any atom is 0.261 e. The highest BCUT2D eigenvalue weighted by atomic mass is 79.9. The zero-order valence-corrected chi connectivity index (χ0v) is 21.6. The summed E-state index contributed by atoms with van der Waals surface area (Å²) in [7, 11) is -1.88. The Bertz CT molecular complexity index is 1060. The van der Waals surface area contributed by atoms with Crippen LogP contribution in [0.5, 0.6) is 0 Å². The Labute approximate surface area is 188 Å². The minimum atomic E-state index is -3.61. The molecule has 0 aliphatic heterocycles. The van der Waals surface area contributed by atoms with Gasteiger partial charge in [-0.25, -0.2) is 21.6 Å². The first-order valence-corrected chi connectivity index (χ1v) is 13.4. The molecule has 0 aliphatic rings. The molecule has 0 saturated carbocycles. The monoisotopic (exact) mass is 573 g/mol. The van der Waals surface area contributed by atoms with Gasteiger partial charge in [0.2, 0.25) is 10.0 Å². The number of benzene rings is 2. The van der Waals surface area contributed by atoms with Gasteiger partial charge in [-0.2, -0.15) is 0 Å². The molecule has 0 aliphatic carbocycles. The van der Waals surface area contributed by atoms with Crippen molar-refractivity contribution in [1.29, 1.82) is 0 Å². The van der Waals surface area contributed by atoms with Crippen LogP contribution >= 0.6 is 42.5 Å². The van der Waals surface area contributed by atoms with E-state index in [1.165, 1.54) is 6.07 Å². The van der Waals surface area contributed by atoms with Crippen LogP contribution in [-0.4, -0.2) is 22.4 Å². The maximum absolute atomic E-state index is 12.1. The normalized spacial score (nSPS) is 12.3. The number of rotatable bonds is 3. The Hall–Kier alpha value is -0.450. The maximum atomic E-state index is 12.1. The largest absolute Gasteiger partial charge is 0.261 e. The molecule has 28 heavy (non-hydrogen) atoms. The molecule has 0 unspecified atom stereocenters. The second-order valence-corrected chi connectivity index (χ2v) is 12.9. The highest BCUT2D eigenvalue weighted by Gasteiger charge is 2.23. The van der Waals surface area contributed by atoms with E-state index in [-0.39, 0.29) is 4.90 Å². The molecule has 0 fully saturated rings. The predicted octanol–water partition coefficient (Wildman–Crippen LogP) is 5.52. The van der Waals surface area contributed by atoms with Gasteiger partial charge in [0.1, 0.15) is 0 Å². The average molecular weight is 576 g/mol. The summed E-state index contributed by atoms with van der Waals surface area (Å²) in [5.41, 5.74) is 0.875. The summed E-state index contributed by atoms with van der Waals surface area (Å²) in [5, 5.41) is 0. The number of halogens is 3. The molecule has 0 saturated heterocycles. The Balaban J connectivity index is 0.000000292. The third-order valence-corrected chi connectivity index (χ3v) is 8.52. The second-order valence-electron chi connectivity index (χ2n) is 7.02. The molecule has 2 aromatic rings. The van der Waals surface area contributed by atoms with Crippen molar-refractivity contribution in [3.05, 3.63) is 56.5 Å². The van der Waals surface area contributed by atoms with Gasteiger partial charge >= 0.3 is 0 Å². The fourth-order valence-electron chi connectivity index (χ4n) is 2.19. The first kappa shape index (κ1) is 25.6. The van der Waals surface area contributed by atoms with Crippen LogP contribution in [0.2, 0.25) is 0 Å². The van der Waals surface area contributed by atoms with Crippen LogP contribution in [0.25, 0.3) is 0 Å². The van der Waals surface area contributed by atoms with Crippen molar-refractivity contribution in [2.75, 3.05) is 0 Å². The Morgan fingerprint density at radius 3 is 1.57 bits per heavy atom. The highest BCUT2D eigenvalue weighted by molar-refractivity contribution is 9.10. The molecule has 0 heterocycles. The van der Waals surface area contributed by atoms with Crippen molar-refractivity contribution in [2.45, 2.75) is 49.9 Å². The number of sulfonamides is 1. The minimum Gasteiger partial charge on any atom is -0.207 e. The van der Waals surface area contributed by atoms with E-state index in [1.54, 1.807) is 38.1 Å². The zero-order valence-electron chi connectivity index (χ0n) is 16.0. The lowest BCUT2D eigenvalue weighted by molar-refractivity contribution is 0.491. The molecule has 2 aromatic carbocycles. The SMILES string of the molecule is Cc1c(Br)cccc1S(=O)(=O)Cl.Cc1c(Br)cccc1S(=O)(=O)NC(C)(C)C. The van der Waals surface area contributed by atoms with Crippen molar-refractivity contribution in [1.82, 2.24) is 4.72 Å². The van der Waals surface area contributed by atoms with Gasteiger partial charge in [-0.1, -0.05) is 44.0 Å². The van der Waals surface area contributed by atoms with E-state index in [4.69, 9.17) is 10.7 Å². The zero-order chi connectivity index (χ0) is 21.9. The molecule has 0 atom stereocenters. The molecule has 1 N–H and O–H groups in total. The van der Waals surface area contributed by atoms with Crippen LogP contribution in [0, 0.1) is 13.8 Å². The molecule has 0 aromatic heterocycles. The van der Waals surface area contributed by atoms with Gasteiger partial charge in [-0.15, -0.1) is 0 Å². The summed E-state index contributed by atoms with van der Waals surface area (Å²) >= 11 is 6.54. The Morgan fingerprint density at radius 2 is 1.21 bits per heavy atom. The van der Waals surface area contributed by atoms with E-state index in [1.807, 2.05) is 26.8 Å². The summed E-state index contributed by atoms with van der Waals surface area (Å²) < 4.78 is 50.2. The van der Waals surface area contributed by atoms with Crippen molar-refractivity contribution in [3.8, 4) is 0 Å². The van der Waals surface area contributed by atoms with E-state index in [2.05, 4.69) is 36.6 Å². The van der Waals surface area contributed by atoms with Crippen molar-refractivity contribution >= 4 is 61.6 Å². The number of nitrogens with one attached hydrogen (secondary N) is 1. The molecule has 0 radical (unpaired) electrons. The summed E-state index contributed by atoms with van der Waals surface area (Å²) in [5.74, 6) is 0. The van der Waals surface area contributed by atoms with Crippen LogP contribution in [-0.2, 0) is 19.1 Å². The smallest absolute Gasteiger partial charge is 0.207 e. The van der Waals surface area contributed by atoms with Gasteiger partial charge in [0, 0.05) is 25.2 Å². The van der Waals surface area contributed by atoms with Crippen molar-refractivity contribution < 1.29 is 16.8 Å². The Kier molecular flexibility index (Phi) is 8.75. The van der Waals surface area contributed by atoms with Gasteiger partial charge in [-0.05, 0) is 70.0 Å². The van der Waals surface area contributed by atoms with E-state index in [0.717, 1.165) is 14.5 Å².